The van der Waals surface area contributed by atoms with Crippen molar-refractivity contribution >= 4 is 22.5 Å². The molecule has 2 aromatic heterocycles. The molecule has 2 aromatic carbocycles. The normalized spacial score (nSPS) is 11.1. The number of hydrogen-bond acceptors (Lipinski definition) is 5. The van der Waals surface area contributed by atoms with Crippen molar-refractivity contribution in [1.29, 1.82) is 0 Å². The molecule has 0 bridgehead atoms. The topological polar surface area (TPSA) is 95.2 Å². The molecule has 0 saturated carbocycles. The van der Waals surface area contributed by atoms with E-state index in [4.69, 9.17) is 0 Å². The summed E-state index contributed by atoms with van der Waals surface area (Å²) in [5, 5.41) is 7.36. The predicted octanol–water partition coefficient (Wildman–Crippen LogP) is 3.65. The van der Waals surface area contributed by atoms with Crippen LogP contribution in [0, 0.1) is 13.8 Å². The fourth-order valence-electron chi connectivity index (χ4n) is 4.07. The molecule has 0 radical (unpaired) electrons. The fraction of sp³-hybridized carbons (Fsp3) is 0.200. The van der Waals surface area contributed by atoms with E-state index in [2.05, 4.69) is 15.2 Å². The van der Waals surface area contributed by atoms with Crippen LogP contribution in [0.5, 0.6) is 5.75 Å². The molecule has 180 valence electrons. The lowest BCUT2D eigenvalue weighted by atomic mass is 10.1. The number of nitrogens with one attached hydrogen (secondary N) is 1. The minimum absolute atomic E-state index is 0.0242. The summed E-state index contributed by atoms with van der Waals surface area (Å²) in [6.45, 7) is 0.267. The van der Waals surface area contributed by atoms with Gasteiger partial charge in [0.05, 0.1) is 5.39 Å². The highest BCUT2D eigenvalue weighted by Gasteiger charge is 2.21. The summed E-state index contributed by atoms with van der Waals surface area (Å²) in [6.07, 6.45) is 0. The van der Waals surface area contributed by atoms with Crippen molar-refractivity contribution in [3.8, 4) is 11.4 Å². The second-order valence-corrected chi connectivity index (χ2v) is 7.85. The first-order valence-corrected chi connectivity index (χ1v) is 10.7. The number of carbonyl (C=O) groups excluding carboxylic acids is 2. The molecule has 0 aliphatic carbocycles. The maximum Gasteiger partial charge on any atom is 0.387 e. The summed E-state index contributed by atoms with van der Waals surface area (Å²) in [5.74, 6) is -0.814. The minimum atomic E-state index is -2.92. The highest BCUT2D eigenvalue weighted by Crippen LogP contribution is 2.24. The number of ketones is 1. The Morgan fingerprint density at radius 3 is 2.34 bits per heavy atom. The summed E-state index contributed by atoms with van der Waals surface area (Å²) in [4.78, 5) is 38.6. The first-order chi connectivity index (χ1) is 16.7. The van der Waals surface area contributed by atoms with Crippen LogP contribution in [0.1, 0.15) is 32.2 Å². The Morgan fingerprint density at radius 1 is 1.06 bits per heavy atom. The SMILES string of the molecule is CNC(=O)c1nn(CC(=O)c2cc(C)n(-c3ccc(OC(F)F)cc3)c2C)c(=O)c2ccccc12. The lowest BCUT2D eigenvalue weighted by Gasteiger charge is -2.12. The third-order valence-corrected chi connectivity index (χ3v) is 5.65. The van der Waals surface area contributed by atoms with E-state index in [1.165, 1.54) is 19.2 Å². The average molecular weight is 480 g/mol. The Labute approximate surface area is 198 Å². The van der Waals surface area contributed by atoms with Gasteiger partial charge in [0, 0.05) is 35.1 Å². The smallest absolute Gasteiger partial charge is 0.387 e. The van der Waals surface area contributed by atoms with Gasteiger partial charge in [0.25, 0.3) is 11.5 Å². The van der Waals surface area contributed by atoms with Crippen LogP contribution < -0.4 is 15.6 Å². The maximum absolute atomic E-state index is 13.2. The van der Waals surface area contributed by atoms with Crippen LogP contribution in [0.2, 0.25) is 0 Å². The summed E-state index contributed by atoms with van der Waals surface area (Å²) >= 11 is 0. The van der Waals surface area contributed by atoms with E-state index in [0.717, 1.165) is 10.4 Å². The molecule has 1 N–H and O–H groups in total. The van der Waals surface area contributed by atoms with Gasteiger partial charge < -0.3 is 14.6 Å². The number of aryl methyl sites for hydroxylation is 1. The van der Waals surface area contributed by atoms with Gasteiger partial charge in [0.1, 0.15) is 12.3 Å². The largest absolute Gasteiger partial charge is 0.435 e. The second kappa shape index (κ2) is 9.49. The number of rotatable bonds is 7. The van der Waals surface area contributed by atoms with Crippen LogP contribution in [0.25, 0.3) is 16.5 Å². The standard InChI is InChI=1S/C25H22F2N4O4/c1-14-12-20(15(2)31(14)16-8-10-17(11-9-16)35-25(26)27)21(32)13-30-24(34)19-7-5-4-6-18(19)22(29-30)23(33)28-3/h4-12,25H,13H2,1-3H3,(H,28,33). The van der Waals surface area contributed by atoms with Crippen molar-refractivity contribution in [2.45, 2.75) is 27.0 Å². The van der Waals surface area contributed by atoms with E-state index in [1.807, 2.05) is 0 Å². The van der Waals surface area contributed by atoms with Gasteiger partial charge in [-0.3, -0.25) is 14.4 Å². The number of hydrogen-bond donors (Lipinski definition) is 1. The summed E-state index contributed by atoms with van der Waals surface area (Å²) in [7, 11) is 1.46. The molecule has 0 saturated heterocycles. The van der Waals surface area contributed by atoms with E-state index in [1.54, 1.807) is 60.9 Å². The number of fused-ring (bicyclic) bond motifs is 1. The molecule has 0 fully saturated rings. The molecule has 4 aromatic rings. The molecule has 0 aliphatic heterocycles. The highest BCUT2D eigenvalue weighted by molar-refractivity contribution is 6.05. The number of carbonyl (C=O) groups is 2. The number of Topliss-reactive ketones (excluding diaryl/α,β-unsaturated/α-hetero) is 1. The molecule has 0 spiro atoms. The third kappa shape index (κ3) is 4.54. The number of alkyl halides is 2. The third-order valence-electron chi connectivity index (χ3n) is 5.65. The van der Waals surface area contributed by atoms with Gasteiger partial charge in [0.2, 0.25) is 0 Å². The Balaban J connectivity index is 1.70. The Kier molecular flexibility index (Phi) is 6.46. The molecule has 8 nitrogen and oxygen atoms in total. The van der Waals surface area contributed by atoms with Crippen LogP contribution in [-0.4, -0.2) is 39.7 Å². The number of halogens is 2. The summed E-state index contributed by atoms with van der Waals surface area (Å²) in [6, 6.07) is 14.3. The molecule has 4 rings (SSSR count). The Morgan fingerprint density at radius 2 is 1.71 bits per heavy atom. The molecular weight excluding hydrogens is 458 g/mol. The first-order valence-electron chi connectivity index (χ1n) is 10.7. The number of benzene rings is 2. The summed E-state index contributed by atoms with van der Waals surface area (Å²) in [5.41, 5.74) is 1.94. The zero-order valence-electron chi connectivity index (χ0n) is 19.2. The Bertz CT molecular complexity index is 1490. The Hall–Kier alpha value is -4.34. The van der Waals surface area contributed by atoms with Crippen molar-refractivity contribution in [1.82, 2.24) is 19.7 Å². The van der Waals surface area contributed by atoms with Crippen molar-refractivity contribution in [3.63, 3.8) is 0 Å². The minimum Gasteiger partial charge on any atom is -0.435 e. The van der Waals surface area contributed by atoms with Gasteiger partial charge >= 0.3 is 6.61 Å². The van der Waals surface area contributed by atoms with Gasteiger partial charge in [-0.25, -0.2) is 4.68 Å². The average Bonchev–Trinajstić information content (AvgIpc) is 3.14. The van der Waals surface area contributed by atoms with E-state index in [0.29, 0.717) is 22.3 Å². The van der Waals surface area contributed by atoms with E-state index in [9.17, 15) is 23.2 Å². The number of ether oxygens (including phenoxy) is 1. The van der Waals surface area contributed by atoms with Gasteiger partial charge in [0.15, 0.2) is 11.5 Å². The lowest BCUT2D eigenvalue weighted by Crippen LogP contribution is -2.31. The maximum atomic E-state index is 13.2. The molecule has 0 atom stereocenters. The van der Waals surface area contributed by atoms with Crippen molar-refractivity contribution in [3.05, 3.63) is 87.6 Å². The van der Waals surface area contributed by atoms with Crippen molar-refractivity contribution in [2.75, 3.05) is 7.05 Å². The first kappa shape index (κ1) is 23.8. The van der Waals surface area contributed by atoms with Gasteiger partial charge in [-0.2, -0.15) is 13.9 Å². The van der Waals surface area contributed by atoms with Gasteiger partial charge in [-0.05, 0) is 50.2 Å². The van der Waals surface area contributed by atoms with Crippen molar-refractivity contribution in [2.24, 2.45) is 0 Å². The quantitative estimate of drug-likeness (QED) is 0.408. The zero-order valence-corrected chi connectivity index (χ0v) is 19.2. The lowest BCUT2D eigenvalue weighted by molar-refractivity contribution is -0.0498. The van der Waals surface area contributed by atoms with E-state index >= 15 is 0 Å². The number of nitrogens with zero attached hydrogens (tertiary/aromatic N) is 3. The van der Waals surface area contributed by atoms with Gasteiger partial charge in [-0.1, -0.05) is 18.2 Å². The van der Waals surface area contributed by atoms with Crippen LogP contribution in [0.4, 0.5) is 8.78 Å². The second-order valence-electron chi connectivity index (χ2n) is 7.85. The molecule has 1 amide bonds. The zero-order chi connectivity index (χ0) is 25.3. The predicted molar refractivity (Wildman–Crippen MR) is 126 cm³/mol. The van der Waals surface area contributed by atoms with Crippen LogP contribution in [-0.2, 0) is 6.54 Å². The molecule has 10 heteroatoms. The van der Waals surface area contributed by atoms with Gasteiger partial charge in [-0.15, -0.1) is 0 Å². The van der Waals surface area contributed by atoms with Crippen molar-refractivity contribution < 1.29 is 23.1 Å². The van der Waals surface area contributed by atoms with E-state index < -0.39 is 18.1 Å². The molecular formula is C25H22F2N4O4. The van der Waals surface area contributed by atoms with Crippen LogP contribution >= 0.6 is 0 Å². The number of amides is 1. The highest BCUT2D eigenvalue weighted by atomic mass is 19.3. The molecule has 0 unspecified atom stereocenters. The summed E-state index contributed by atoms with van der Waals surface area (Å²) < 4.78 is 32.0. The molecule has 2 heterocycles. The monoisotopic (exact) mass is 480 g/mol. The van der Waals surface area contributed by atoms with E-state index in [-0.39, 0.29) is 29.2 Å². The molecule has 0 aliphatic rings. The van der Waals surface area contributed by atoms with Crippen LogP contribution in [0.15, 0.2) is 59.4 Å². The molecule has 35 heavy (non-hydrogen) atoms. The number of aromatic nitrogens is 3. The fourth-order valence-corrected chi connectivity index (χ4v) is 4.07. The van der Waals surface area contributed by atoms with Crippen LogP contribution in [0.3, 0.4) is 0 Å².